The van der Waals surface area contributed by atoms with Crippen LogP contribution in [0.4, 0.5) is 0 Å². The first-order valence-corrected chi connectivity index (χ1v) is 7.12. The number of hydrogen-bond acceptors (Lipinski definition) is 3. The van der Waals surface area contributed by atoms with Crippen molar-refractivity contribution in [1.29, 1.82) is 0 Å². The van der Waals surface area contributed by atoms with Crippen molar-refractivity contribution in [2.24, 2.45) is 5.73 Å². The van der Waals surface area contributed by atoms with Gasteiger partial charge in [-0.25, -0.2) is 0 Å². The van der Waals surface area contributed by atoms with Crippen molar-refractivity contribution < 1.29 is 4.79 Å². The molecule has 0 aliphatic carbocycles. The summed E-state index contributed by atoms with van der Waals surface area (Å²) in [5, 5.41) is 3.05. The van der Waals surface area contributed by atoms with Gasteiger partial charge in [0.1, 0.15) is 0 Å². The minimum absolute atomic E-state index is 0.188. The largest absolute Gasteiger partial charge is 0.353 e. The second-order valence-electron chi connectivity index (χ2n) is 3.73. The topological polar surface area (TPSA) is 55.1 Å². The van der Waals surface area contributed by atoms with Gasteiger partial charge in [0.25, 0.3) is 0 Å². The fraction of sp³-hybridized carbons (Fsp3) is 0.909. The van der Waals surface area contributed by atoms with Gasteiger partial charge >= 0.3 is 0 Å². The molecule has 1 unspecified atom stereocenters. The number of hydrogen-bond donors (Lipinski definition) is 2. The van der Waals surface area contributed by atoms with Crippen molar-refractivity contribution in [1.82, 2.24) is 5.32 Å². The first-order valence-electron chi connectivity index (χ1n) is 5.73. The van der Waals surface area contributed by atoms with Crippen LogP contribution in [-0.2, 0) is 4.79 Å². The molecule has 90 valence electrons. The van der Waals surface area contributed by atoms with Crippen LogP contribution < -0.4 is 11.1 Å². The average Bonchev–Trinajstić information content (AvgIpc) is 2.24. The van der Waals surface area contributed by atoms with E-state index in [1.54, 1.807) is 11.8 Å². The molecule has 0 bridgehead atoms. The summed E-state index contributed by atoms with van der Waals surface area (Å²) in [7, 11) is 0. The van der Waals surface area contributed by atoms with Crippen molar-refractivity contribution in [2.75, 3.05) is 18.6 Å². The predicted octanol–water partition coefficient (Wildman–Crippen LogP) is 1.76. The van der Waals surface area contributed by atoms with Gasteiger partial charge in [0.05, 0.1) is 0 Å². The van der Waals surface area contributed by atoms with Crippen LogP contribution in [0, 0.1) is 0 Å². The Hall–Kier alpha value is -0.220. The van der Waals surface area contributed by atoms with Crippen molar-refractivity contribution in [3.8, 4) is 0 Å². The fourth-order valence-corrected chi connectivity index (χ4v) is 2.09. The van der Waals surface area contributed by atoms with Gasteiger partial charge < -0.3 is 11.1 Å². The molecule has 0 fully saturated rings. The average molecular weight is 232 g/mol. The summed E-state index contributed by atoms with van der Waals surface area (Å²) in [6.45, 7) is 2.83. The number of carbonyl (C=O) groups is 1. The van der Waals surface area contributed by atoms with E-state index in [0.29, 0.717) is 12.5 Å². The molecule has 3 nitrogen and oxygen atoms in total. The van der Waals surface area contributed by atoms with E-state index in [1.165, 1.54) is 0 Å². The molecule has 1 amide bonds. The summed E-state index contributed by atoms with van der Waals surface area (Å²) >= 11 is 1.78. The molecule has 0 aliphatic heterocycles. The van der Waals surface area contributed by atoms with Crippen LogP contribution in [0.15, 0.2) is 0 Å². The second-order valence-corrected chi connectivity index (χ2v) is 4.64. The van der Waals surface area contributed by atoms with Crippen molar-refractivity contribution in [3.05, 3.63) is 0 Å². The molecule has 0 aliphatic rings. The summed E-state index contributed by atoms with van der Waals surface area (Å²) in [5.74, 6) is 1.19. The van der Waals surface area contributed by atoms with E-state index in [4.69, 9.17) is 5.73 Å². The van der Waals surface area contributed by atoms with Gasteiger partial charge in [-0.05, 0) is 32.1 Å². The van der Waals surface area contributed by atoms with E-state index in [2.05, 4.69) is 18.5 Å². The molecular weight excluding hydrogens is 208 g/mol. The molecule has 0 saturated carbocycles. The number of amides is 1. The molecule has 0 aromatic rings. The molecule has 4 heteroatoms. The van der Waals surface area contributed by atoms with Gasteiger partial charge in [-0.3, -0.25) is 4.79 Å². The Kier molecular flexibility index (Phi) is 10.2. The highest BCUT2D eigenvalue weighted by Gasteiger charge is 2.08. The molecule has 0 heterocycles. The minimum atomic E-state index is 0.188. The molecule has 3 N–H and O–H groups in total. The van der Waals surface area contributed by atoms with Gasteiger partial charge in [0, 0.05) is 18.2 Å². The fourth-order valence-electron chi connectivity index (χ4n) is 1.37. The Labute approximate surface area is 97.6 Å². The summed E-state index contributed by atoms with van der Waals surface area (Å²) < 4.78 is 0. The smallest absolute Gasteiger partial charge is 0.220 e. The maximum absolute atomic E-state index is 11.5. The van der Waals surface area contributed by atoms with E-state index in [1.807, 2.05) is 0 Å². The summed E-state index contributed by atoms with van der Waals surface area (Å²) in [5.41, 5.74) is 5.38. The van der Waals surface area contributed by atoms with E-state index >= 15 is 0 Å². The number of carbonyl (C=O) groups excluding carboxylic acids is 1. The first kappa shape index (κ1) is 14.8. The first-order chi connectivity index (χ1) is 7.24. The van der Waals surface area contributed by atoms with Crippen LogP contribution in [0.2, 0.25) is 0 Å². The van der Waals surface area contributed by atoms with Crippen molar-refractivity contribution >= 4 is 17.7 Å². The summed E-state index contributed by atoms with van der Waals surface area (Å²) in [4.78, 5) is 11.5. The zero-order valence-electron chi connectivity index (χ0n) is 9.92. The molecule has 0 aromatic heterocycles. The normalized spacial score (nSPS) is 12.5. The highest BCUT2D eigenvalue weighted by Crippen LogP contribution is 2.03. The van der Waals surface area contributed by atoms with Crippen LogP contribution in [-0.4, -0.2) is 30.5 Å². The molecule has 0 radical (unpaired) electrons. The Morgan fingerprint density at radius 3 is 2.67 bits per heavy atom. The maximum Gasteiger partial charge on any atom is 0.220 e. The third kappa shape index (κ3) is 8.75. The van der Waals surface area contributed by atoms with Crippen molar-refractivity contribution in [2.45, 2.75) is 45.1 Å². The van der Waals surface area contributed by atoms with Gasteiger partial charge in [0.2, 0.25) is 5.91 Å². The van der Waals surface area contributed by atoms with Crippen LogP contribution in [0.3, 0.4) is 0 Å². The third-order valence-electron chi connectivity index (χ3n) is 2.33. The molecule has 0 saturated heterocycles. The quantitative estimate of drug-likeness (QED) is 0.596. The highest BCUT2D eigenvalue weighted by atomic mass is 32.2. The molecule has 1 atom stereocenters. The number of unbranched alkanes of at least 4 members (excludes halogenated alkanes) is 2. The number of nitrogens with two attached hydrogens (primary N) is 1. The van der Waals surface area contributed by atoms with Gasteiger partial charge in [-0.1, -0.05) is 13.3 Å². The molecule has 0 spiro atoms. The van der Waals surface area contributed by atoms with Crippen LogP contribution in [0.5, 0.6) is 0 Å². The number of rotatable bonds is 9. The zero-order chi connectivity index (χ0) is 11.5. The van der Waals surface area contributed by atoms with E-state index < -0.39 is 0 Å². The highest BCUT2D eigenvalue weighted by molar-refractivity contribution is 7.98. The lowest BCUT2D eigenvalue weighted by Gasteiger charge is -2.15. The van der Waals surface area contributed by atoms with Crippen LogP contribution in [0.1, 0.15) is 39.0 Å². The monoisotopic (exact) mass is 232 g/mol. The van der Waals surface area contributed by atoms with Gasteiger partial charge in [-0.15, -0.1) is 0 Å². The lowest BCUT2D eigenvalue weighted by atomic mass is 10.1. The summed E-state index contributed by atoms with van der Waals surface area (Å²) in [6.07, 6.45) is 6.76. The Bertz CT molecular complexity index is 165. The zero-order valence-corrected chi connectivity index (χ0v) is 10.7. The standard InChI is InChI=1S/C11H24N2OS/c1-3-10(9-15-2)13-11(14)7-5-4-6-8-12/h10H,3-9,12H2,1-2H3,(H,13,14). The lowest BCUT2D eigenvalue weighted by molar-refractivity contribution is -0.121. The van der Waals surface area contributed by atoms with Crippen LogP contribution in [0.25, 0.3) is 0 Å². The molecule has 15 heavy (non-hydrogen) atoms. The Morgan fingerprint density at radius 1 is 1.40 bits per heavy atom. The maximum atomic E-state index is 11.5. The number of thioether (sulfide) groups is 1. The molecular formula is C11H24N2OS. The third-order valence-corrected chi connectivity index (χ3v) is 3.07. The number of nitrogens with one attached hydrogen (secondary N) is 1. The van der Waals surface area contributed by atoms with E-state index in [-0.39, 0.29) is 5.91 Å². The van der Waals surface area contributed by atoms with Gasteiger partial charge in [-0.2, -0.15) is 11.8 Å². The van der Waals surface area contributed by atoms with Crippen molar-refractivity contribution in [3.63, 3.8) is 0 Å². The Balaban J connectivity index is 3.52. The Morgan fingerprint density at radius 2 is 2.13 bits per heavy atom. The second kappa shape index (κ2) is 10.3. The van der Waals surface area contributed by atoms with Crippen LogP contribution >= 0.6 is 11.8 Å². The van der Waals surface area contributed by atoms with E-state index in [9.17, 15) is 4.79 Å². The van der Waals surface area contributed by atoms with E-state index in [0.717, 1.165) is 38.0 Å². The lowest BCUT2D eigenvalue weighted by Crippen LogP contribution is -2.35. The SMILES string of the molecule is CCC(CSC)NC(=O)CCCCCN. The molecule has 0 rings (SSSR count). The van der Waals surface area contributed by atoms with Gasteiger partial charge in [0.15, 0.2) is 0 Å². The molecule has 0 aromatic carbocycles. The predicted molar refractivity (Wildman–Crippen MR) is 68.1 cm³/mol. The summed E-state index contributed by atoms with van der Waals surface area (Å²) in [6, 6.07) is 0.335. The minimum Gasteiger partial charge on any atom is -0.353 e.